The van der Waals surface area contributed by atoms with Gasteiger partial charge in [0.15, 0.2) is 0 Å². The van der Waals surface area contributed by atoms with E-state index >= 15 is 0 Å². The molecule has 5 nitrogen and oxygen atoms in total. The normalized spacial score (nSPS) is 11.3. The number of ether oxygens (including phenoxy) is 2. The molecule has 138 valence electrons. The lowest BCUT2D eigenvalue weighted by Gasteiger charge is -2.16. The lowest BCUT2D eigenvalue weighted by Crippen LogP contribution is -2.31. The van der Waals surface area contributed by atoms with Crippen molar-refractivity contribution < 1.29 is 14.3 Å². The molecule has 0 radical (unpaired) electrons. The van der Waals surface area contributed by atoms with E-state index in [2.05, 4.69) is 10.6 Å². The molecule has 3 aromatic rings. The summed E-state index contributed by atoms with van der Waals surface area (Å²) in [5.41, 5.74) is 1.53. The van der Waals surface area contributed by atoms with Crippen LogP contribution in [0.3, 0.4) is 0 Å². The van der Waals surface area contributed by atoms with Crippen molar-refractivity contribution in [2.75, 3.05) is 17.7 Å². The fourth-order valence-corrected chi connectivity index (χ4v) is 2.51. The summed E-state index contributed by atoms with van der Waals surface area (Å²) in [5.74, 6) is 2.08. The number of nitrogens with one attached hydrogen (secondary N) is 2. The van der Waals surface area contributed by atoms with Crippen LogP contribution in [0.15, 0.2) is 78.9 Å². The second-order valence-electron chi connectivity index (χ2n) is 6.03. The maximum Gasteiger partial charge on any atom is 0.246 e. The highest BCUT2D eigenvalue weighted by Gasteiger charge is 2.13. The van der Waals surface area contributed by atoms with E-state index in [4.69, 9.17) is 9.47 Å². The highest BCUT2D eigenvalue weighted by atomic mass is 16.5. The molecule has 3 aromatic carbocycles. The van der Waals surface area contributed by atoms with Crippen molar-refractivity contribution in [1.82, 2.24) is 0 Å². The number of para-hydroxylation sites is 1. The monoisotopic (exact) mass is 362 g/mol. The largest absolute Gasteiger partial charge is 0.497 e. The minimum atomic E-state index is -0.405. The third-order valence-corrected chi connectivity index (χ3v) is 3.95. The average Bonchev–Trinajstić information content (AvgIpc) is 2.70. The van der Waals surface area contributed by atoms with Crippen LogP contribution in [-0.4, -0.2) is 19.1 Å². The summed E-state index contributed by atoms with van der Waals surface area (Å²) in [6.45, 7) is 1.81. The Morgan fingerprint density at radius 1 is 0.815 bits per heavy atom. The third kappa shape index (κ3) is 5.25. The SMILES string of the molecule is COc1cccc(NC(=O)C(C)Nc2ccc(Oc3ccccc3)cc2)c1. The number of amides is 1. The van der Waals surface area contributed by atoms with Gasteiger partial charge in [-0.1, -0.05) is 24.3 Å². The first-order valence-corrected chi connectivity index (χ1v) is 8.68. The number of benzene rings is 3. The van der Waals surface area contributed by atoms with Gasteiger partial charge in [0.1, 0.15) is 23.3 Å². The smallest absolute Gasteiger partial charge is 0.246 e. The number of rotatable bonds is 7. The molecule has 5 heteroatoms. The van der Waals surface area contributed by atoms with Gasteiger partial charge in [-0.05, 0) is 55.5 Å². The highest BCUT2D eigenvalue weighted by Crippen LogP contribution is 2.23. The maximum absolute atomic E-state index is 12.4. The molecule has 1 amide bonds. The Morgan fingerprint density at radius 3 is 2.19 bits per heavy atom. The Kier molecular flexibility index (Phi) is 5.94. The lowest BCUT2D eigenvalue weighted by molar-refractivity contribution is -0.116. The quantitative estimate of drug-likeness (QED) is 0.626. The number of carbonyl (C=O) groups excluding carboxylic acids is 1. The van der Waals surface area contributed by atoms with Crippen LogP contribution in [0, 0.1) is 0 Å². The van der Waals surface area contributed by atoms with Crippen molar-refractivity contribution in [3.63, 3.8) is 0 Å². The summed E-state index contributed by atoms with van der Waals surface area (Å²) in [4.78, 5) is 12.4. The minimum absolute atomic E-state index is 0.132. The molecule has 0 aliphatic heterocycles. The van der Waals surface area contributed by atoms with Crippen molar-refractivity contribution in [2.24, 2.45) is 0 Å². The van der Waals surface area contributed by atoms with E-state index in [-0.39, 0.29) is 5.91 Å². The van der Waals surface area contributed by atoms with Crippen LogP contribution in [0.1, 0.15) is 6.92 Å². The molecule has 1 unspecified atom stereocenters. The zero-order chi connectivity index (χ0) is 19.1. The van der Waals surface area contributed by atoms with Crippen molar-refractivity contribution in [2.45, 2.75) is 13.0 Å². The van der Waals surface area contributed by atoms with Crippen LogP contribution in [0.4, 0.5) is 11.4 Å². The van der Waals surface area contributed by atoms with E-state index in [1.54, 1.807) is 13.2 Å². The van der Waals surface area contributed by atoms with Gasteiger partial charge in [0.2, 0.25) is 5.91 Å². The van der Waals surface area contributed by atoms with Gasteiger partial charge in [0, 0.05) is 17.4 Å². The zero-order valence-corrected chi connectivity index (χ0v) is 15.3. The number of methoxy groups -OCH3 is 1. The predicted molar refractivity (Wildman–Crippen MR) is 108 cm³/mol. The molecule has 0 saturated heterocycles. The van der Waals surface area contributed by atoms with E-state index in [1.807, 2.05) is 79.7 Å². The van der Waals surface area contributed by atoms with Gasteiger partial charge in [-0.15, -0.1) is 0 Å². The molecule has 3 rings (SSSR count). The van der Waals surface area contributed by atoms with Crippen LogP contribution < -0.4 is 20.1 Å². The second kappa shape index (κ2) is 8.76. The van der Waals surface area contributed by atoms with Crippen LogP contribution in [-0.2, 0) is 4.79 Å². The Bertz CT molecular complexity index is 880. The predicted octanol–water partition coefficient (Wildman–Crippen LogP) is 4.93. The molecular weight excluding hydrogens is 340 g/mol. The molecule has 0 heterocycles. The number of hydrogen-bond donors (Lipinski definition) is 2. The summed E-state index contributed by atoms with van der Waals surface area (Å²) < 4.78 is 10.9. The van der Waals surface area contributed by atoms with Crippen LogP contribution >= 0.6 is 0 Å². The van der Waals surface area contributed by atoms with Gasteiger partial charge < -0.3 is 20.1 Å². The van der Waals surface area contributed by atoms with Gasteiger partial charge in [0.05, 0.1) is 7.11 Å². The minimum Gasteiger partial charge on any atom is -0.497 e. The van der Waals surface area contributed by atoms with Gasteiger partial charge in [0.25, 0.3) is 0 Å². The van der Waals surface area contributed by atoms with E-state index in [0.29, 0.717) is 11.4 Å². The van der Waals surface area contributed by atoms with Gasteiger partial charge in [-0.25, -0.2) is 0 Å². The lowest BCUT2D eigenvalue weighted by atomic mass is 10.2. The Morgan fingerprint density at radius 2 is 1.48 bits per heavy atom. The van der Waals surface area contributed by atoms with Gasteiger partial charge in [-0.3, -0.25) is 4.79 Å². The van der Waals surface area contributed by atoms with Crippen LogP contribution in [0.25, 0.3) is 0 Å². The number of hydrogen-bond acceptors (Lipinski definition) is 4. The zero-order valence-electron chi connectivity index (χ0n) is 15.3. The van der Waals surface area contributed by atoms with E-state index < -0.39 is 6.04 Å². The first-order chi connectivity index (χ1) is 13.1. The fourth-order valence-electron chi connectivity index (χ4n) is 2.51. The van der Waals surface area contributed by atoms with Crippen molar-refractivity contribution in [3.8, 4) is 17.2 Å². The molecular formula is C22H22N2O3. The van der Waals surface area contributed by atoms with E-state index in [9.17, 15) is 4.79 Å². The van der Waals surface area contributed by atoms with Crippen molar-refractivity contribution >= 4 is 17.3 Å². The van der Waals surface area contributed by atoms with Crippen LogP contribution in [0.5, 0.6) is 17.2 Å². The Balaban J connectivity index is 1.56. The topological polar surface area (TPSA) is 59.6 Å². The third-order valence-electron chi connectivity index (χ3n) is 3.95. The Labute approximate surface area is 158 Å². The molecule has 0 bridgehead atoms. The second-order valence-corrected chi connectivity index (χ2v) is 6.03. The van der Waals surface area contributed by atoms with Gasteiger partial charge in [-0.2, -0.15) is 0 Å². The summed E-state index contributed by atoms with van der Waals surface area (Å²) in [6, 6.07) is 23.9. The fraction of sp³-hybridized carbons (Fsp3) is 0.136. The van der Waals surface area contributed by atoms with E-state index in [0.717, 1.165) is 17.2 Å². The summed E-state index contributed by atoms with van der Waals surface area (Å²) in [7, 11) is 1.59. The highest BCUT2D eigenvalue weighted by molar-refractivity contribution is 5.96. The van der Waals surface area contributed by atoms with Gasteiger partial charge >= 0.3 is 0 Å². The average molecular weight is 362 g/mol. The molecule has 0 aromatic heterocycles. The standard InChI is InChI=1S/C22H22N2O3/c1-16(22(25)24-18-7-6-10-21(15-18)26-2)23-17-11-13-20(14-12-17)27-19-8-4-3-5-9-19/h3-16,23H,1-2H3,(H,24,25). The maximum atomic E-state index is 12.4. The van der Waals surface area contributed by atoms with E-state index in [1.165, 1.54) is 0 Å². The van der Waals surface area contributed by atoms with Crippen LogP contribution in [0.2, 0.25) is 0 Å². The first kappa shape index (κ1) is 18.3. The first-order valence-electron chi connectivity index (χ1n) is 8.68. The number of anilines is 2. The van der Waals surface area contributed by atoms with Crippen molar-refractivity contribution in [3.05, 3.63) is 78.9 Å². The Hall–Kier alpha value is -3.47. The molecule has 27 heavy (non-hydrogen) atoms. The molecule has 0 aliphatic carbocycles. The summed E-state index contributed by atoms with van der Waals surface area (Å²) >= 11 is 0. The molecule has 0 fully saturated rings. The molecule has 0 saturated carbocycles. The number of carbonyl (C=O) groups is 1. The van der Waals surface area contributed by atoms with Crippen molar-refractivity contribution in [1.29, 1.82) is 0 Å². The summed E-state index contributed by atoms with van der Waals surface area (Å²) in [5, 5.41) is 6.06. The molecule has 0 spiro atoms. The molecule has 0 aliphatic rings. The molecule has 1 atom stereocenters. The summed E-state index contributed by atoms with van der Waals surface area (Å²) in [6.07, 6.45) is 0. The molecule has 2 N–H and O–H groups in total.